The Morgan fingerprint density at radius 3 is 2.56 bits per heavy atom. The maximum atomic E-state index is 13.2. The molecule has 2 rings (SSSR count). The summed E-state index contributed by atoms with van der Waals surface area (Å²) in [6, 6.07) is 10.1. The summed E-state index contributed by atoms with van der Waals surface area (Å²) in [4.78, 5) is 12.2. The van der Waals surface area contributed by atoms with E-state index in [0.29, 0.717) is 5.75 Å². The monoisotopic (exact) mass is 386 g/mol. The van der Waals surface area contributed by atoms with E-state index in [1.165, 1.54) is 25.3 Å². The van der Waals surface area contributed by atoms with Crippen LogP contribution in [0.25, 0.3) is 0 Å². The Bertz CT molecular complexity index is 889. The first-order chi connectivity index (χ1) is 11.7. The quantitative estimate of drug-likeness (QED) is 0.828. The number of sulfonamides is 1. The summed E-state index contributed by atoms with van der Waals surface area (Å²) in [5.41, 5.74) is 0.490. The number of para-hydroxylation sites is 2. The Hall–Kier alpha value is -2.32. The summed E-state index contributed by atoms with van der Waals surface area (Å²) in [5, 5.41) is 2.33. The Kier molecular flexibility index (Phi) is 5.86. The normalized spacial score (nSPS) is 11.0. The SMILES string of the molecule is COc1ccccc1N(CC(=O)Nc1ccc(F)c(Cl)c1)S(C)(=O)=O. The molecule has 0 spiro atoms. The third kappa shape index (κ3) is 4.83. The van der Waals surface area contributed by atoms with E-state index in [2.05, 4.69) is 5.32 Å². The molecule has 0 aliphatic rings. The molecule has 0 aliphatic heterocycles. The van der Waals surface area contributed by atoms with Gasteiger partial charge in [0.15, 0.2) is 0 Å². The summed E-state index contributed by atoms with van der Waals surface area (Å²) in [6.45, 7) is -0.478. The number of benzene rings is 2. The van der Waals surface area contributed by atoms with E-state index in [0.717, 1.165) is 16.6 Å². The van der Waals surface area contributed by atoms with Crippen LogP contribution in [0.4, 0.5) is 15.8 Å². The number of nitrogens with zero attached hydrogens (tertiary/aromatic N) is 1. The molecule has 2 aromatic rings. The number of halogens is 2. The van der Waals surface area contributed by atoms with Gasteiger partial charge in [0.1, 0.15) is 18.1 Å². The van der Waals surface area contributed by atoms with Crippen molar-refractivity contribution in [2.45, 2.75) is 0 Å². The zero-order valence-corrected chi connectivity index (χ0v) is 15.1. The molecule has 0 heterocycles. The average molecular weight is 387 g/mol. The smallest absolute Gasteiger partial charge is 0.245 e. The van der Waals surface area contributed by atoms with E-state index < -0.39 is 28.3 Å². The number of hydrogen-bond donors (Lipinski definition) is 1. The standard InChI is InChI=1S/C16H16ClFN2O4S/c1-24-15-6-4-3-5-14(15)20(25(2,22)23)10-16(21)19-11-7-8-13(18)12(17)9-11/h3-9H,10H2,1-2H3,(H,19,21). The predicted molar refractivity (Wildman–Crippen MR) is 95.2 cm³/mol. The largest absolute Gasteiger partial charge is 0.495 e. The number of carbonyl (C=O) groups is 1. The Morgan fingerprint density at radius 1 is 1.28 bits per heavy atom. The third-order valence-electron chi connectivity index (χ3n) is 3.24. The minimum absolute atomic E-state index is 0.150. The highest BCUT2D eigenvalue weighted by atomic mass is 35.5. The van der Waals surface area contributed by atoms with Gasteiger partial charge in [-0.15, -0.1) is 0 Å². The number of rotatable bonds is 6. The number of amides is 1. The molecule has 0 atom stereocenters. The molecule has 134 valence electrons. The van der Waals surface area contributed by atoms with Gasteiger partial charge in [0.05, 0.1) is 24.1 Å². The van der Waals surface area contributed by atoms with Gasteiger partial charge in [0.2, 0.25) is 15.9 Å². The molecule has 0 aliphatic carbocycles. The number of hydrogen-bond acceptors (Lipinski definition) is 4. The summed E-state index contributed by atoms with van der Waals surface area (Å²) in [5.74, 6) is -0.920. The Labute approximate surface area is 150 Å². The van der Waals surface area contributed by atoms with E-state index >= 15 is 0 Å². The lowest BCUT2D eigenvalue weighted by Gasteiger charge is -2.23. The van der Waals surface area contributed by atoms with Crippen molar-refractivity contribution >= 4 is 38.9 Å². The van der Waals surface area contributed by atoms with Crippen LogP contribution >= 0.6 is 11.6 Å². The highest BCUT2D eigenvalue weighted by Crippen LogP contribution is 2.29. The summed E-state index contributed by atoms with van der Waals surface area (Å²) in [6.07, 6.45) is 0.988. The molecule has 0 aromatic heterocycles. The molecule has 0 radical (unpaired) electrons. The molecule has 9 heteroatoms. The van der Waals surface area contributed by atoms with Gasteiger partial charge in [-0.3, -0.25) is 9.10 Å². The van der Waals surface area contributed by atoms with Gasteiger partial charge in [-0.2, -0.15) is 0 Å². The van der Waals surface area contributed by atoms with Crippen molar-refractivity contribution in [3.63, 3.8) is 0 Å². The lowest BCUT2D eigenvalue weighted by atomic mass is 10.3. The zero-order chi connectivity index (χ0) is 18.6. The maximum Gasteiger partial charge on any atom is 0.245 e. The van der Waals surface area contributed by atoms with E-state index in [9.17, 15) is 17.6 Å². The molecule has 1 amide bonds. The lowest BCUT2D eigenvalue weighted by Crippen LogP contribution is -2.37. The number of carbonyl (C=O) groups excluding carboxylic acids is 1. The third-order valence-corrected chi connectivity index (χ3v) is 4.66. The average Bonchev–Trinajstić information content (AvgIpc) is 2.55. The second-order valence-corrected chi connectivity index (χ2v) is 7.43. The molecule has 0 saturated heterocycles. The van der Waals surface area contributed by atoms with Gasteiger partial charge in [0.25, 0.3) is 0 Å². The van der Waals surface area contributed by atoms with Crippen LogP contribution in [0.5, 0.6) is 5.75 Å². The number of ether oxygens (including phenoxy) is 1. The first-order valence-corrected chi connectivity index (χ1v) is 9.30. The highest BCUT2D eigenvalue weighted by molar-refractivity contribution is 7.92. The zero-order valence-electron chi connectivity index (χ0n) is 13.5. The molecular formula is C16H16ClFN2O4S. The van der Waals surface area contributed by atoms with Gasteiger partial charge in [-0.1, -0.05) is 23.7 Å². The van der Waals surface area contributed by atoms with Crippen molar-refractivity contribution in [3.05, 3.63) is 53.3 Å². The van der Waals surface area contributed by atoms with Crippen LogP contribution in [0.1, 0.15) is 0 Å². The molecule has 0 bridgehead atoms. The number of methoxy groups -OCH3 is 1. The molecule has 0 saturated carbocycles. The van der Waals surface area contributed by atoms with Gasteiger partial charge in [-0.05, 0) is 30.3 Å². The van der Waals surface area contributed by atoms with E-state index in [1.54, 1.807) is 18.2 Å². The molecule has 1 N–H and O–H groups in total. The second kappa shape index (κ2) is 7.71. The topological polar surface area (TPSA) is 75.7 Å². The van der Waals surface area contributed by atoms with Crippen molar-refractivity contribution in [1.29, 1.82) is 0 Å². The molecule has 25 heavy (non-hydrogen) atoms. The Morgan fingerprint density at radius 2 is 1.96 bits per heavy atom. The highest BCUT2D eigenvalue weighted by Gasteiger charge is 2.23. The van der Waals surface area contributed by atoms with Crippen LogP contribution in [0.15, 0.2) is 42.5 Å². The van der Waals surface area contributed by atoms with Crippen LogP contribution < -0.4 is 14.4 Å². The Balaban J connectivity index is 2.25. The van der Waals surface area contributed by atoms with Crippen molar-refractivity contribution in [2.75, 3.05) is 29.5 Å². The maximum absolute atomic E-state index is 13.2. The van der Waals surface area contributed by atoms with Crippen LogP contribution in [0.3, 0.4) is 0 Å². The van der Waals surface area contributed by atoms with Gasteiger partial charge >= 0.3 is 0 Å². The molecule has 6 nitrogen and oxygen atoms in total. The van der Waals surface area contributed by atoms with Gasteiger partial charge < -0.3 is 10.1 Å². The molecular weight excluding hydrogens is 371 g/mol. The van der Waals surface area contributed by atoms with E-state index in [1.807, 2.05) is 0 Å². The van der Waals surface area contributed by atoms with Crippen molar-refractivity contribution < 1.29 is 22.3 Å². The minimum atomic E-state index is -3.75. The van der Waals surface area contributed by atoms with Crippen molar-refractivity contribution in [2.24, 2.45) is 0 Å². The lowest BCUT2D eigenvalue weighted by molar-refractivity contribution is -0.114. The van der Waals surface area contributed by atoms with Crippen molar-refractivity contribution in [1.82, 2.24) is 0 Å². The van der Waals surface area contributed by atoms with Crippen LogP contribution in [-0.4, -0.2) is 34.2 Å². The predicted octanol–water partition coefficient (Wildman–Crippen LogP) is 2.89. The fourth-order valence-corrected chi connectivity index (χ4v) is 3.16. The van der Waals surface area contributed by atoms with E-state index in [-0.39, 0.29) is 16.4 Å². The fourth-order valence-electron chi connectivity index (χ4n) is 2.12. The minimum Gasteiger partial charge on any atom is -0.495 e. The van der Waals surface area contributed by atoms with Crippen LogP contribution in [0.2, 0.25) is 5.02 Å². The van der Waals surface area contributed by atoms with Gasteiger partial charge in [0, 0.05) is 5.69 Å². The van der Waals surface area contributed by atoms with Crippen LogP contribution in [-0.2, 0) is 14.8 Å². The summed E-state index contributed by atoms with van der Waals surface area (Å²) < 4.78 is 43.5. The van der Waals surface area contributed by atoms with Gasteiger partial charge in [-0.25, -0.2) is 12.8 Å². The fraction of sp³-hybridized carbons (Fsp3) is 0.188. The summed E-state index contributed by atoms with van der Waals surface area (Å²) >= 11 is 5.66. The first-order valence-electron chi connectivity index (χ1n) is 7.08. The second-order valence-electron chi connectivity index (χ2n) is 5.12. The summed E-state index contributed by atoms with van der Waals surface area (Å²) in [7, 11) is -2.34. The van der Waals surface area contributed by atoms with E-state index in [4.69, 9.17) is 16.3 Å². The van der Waals surface area contributed by atoms with Crippen LogP contribution in [0, 0.1) is 5.82 Å². The number of anilines is 2. The first kappa shape index (κ1) is 19.0. The molecule has 0 fully saturated rings. The molecule has 2 aromatic carbocycles. The molecule has 0 unspecified atom stereocenters. The number of nitrogens with one attached hydrogen (secondary N) is 1. The van der Waals surface area contributed by atoms with Crippen molar-refractivity contribution in [3.8, 4) is 5.75 Å².